The molecular formula is C14H26N2O4S. The minimum absolute atomic E-state index is 0.160. The topological polar surface area (TPSA) is 75.7 Å². The SMILES string of the molecule is CC(C)(C)OC(=O)N1CCC(NCC2CCCS2(=O)=O)C1. The Kier molecular flexibility index (Phi) is 4.82. The summed E-state index contributed by atoms with van der Waals surface area (Å²) in [4.78, 5) is 13.6. The van der Waals surface area contributed by atoms with E-state index in [-0.39, 0.29) is 17.4 Å². The molecule has 1 amide bonds. The van der Waals surface area contributed by atoms with Crippen molar-refractivity contribution in [1.82, 2.24) is 10.2 Å². The Morgan fingerprint density at radius 1 is 1.33 bits per heavy atom. The third-order valence-corrected chi connectivity index (χ3v) is 6.21. The van der Waals surface area contributed by atoms with Gasteiger partial charge in [0.2, 0.25) is 0 Å². The lowest BCUT2D eigenvalue weighted by molar-refractivity contribution is 0.0291. The van der Waals surface area contributed by atoms with Gasteiger partial charge < -0.3 is 15.0 Å². The van der Waals surface area contributed by atoms with Gasteiger partial charge >= 0.3 is 6.09 Å². The van der Waals surface area contributed by atoms with Gasteiger partial charge in [-0.25, -0.2) is 13.2 Å². The molecule has 2 heterocycles. The molecular weight excluding hydrogens is 292 g/mol. The van der Waals surface area contributed by atoms with Crippen LogP contribution in [0.4, 0.5) is 4.79 Å². The average Bonchev–Trinajstić information content (AvgIpc) is 2.90. The number of carbonyl (C=O) groups is 1. The maximum absolute atomic E-state index is 12.0. The molecule has 0 saturated carbocycles. The molecule has 0 radical (unpaired) electrons. The highest BCUT2D eigenvalue weighted by Gasteiger charge is 2.33. The van der Waals surface area contributed by atoms with Crippen LogP contribution in [-0.4, -0.2) is 61.7 Å². The number of hydrogen-bond acceptors (Lipinski definition) is 5. The van der Waals surface area contributed by atoms with E-state index in [9.17, 15) is 13.2 Å². The molecule has 2 unspecified atom stereocenters. The van der Waals surface area contributed by atoms with Crippen LogP contribution in [0.15, 0.2) is 0 Å². The molecule has 2 atom stereocenters. The van der Waals surface area contributed by atoms with Crippen molar-refractivity contribution in [1.29, 1.82) is 0 Å². The van der Waals surface area contributed by atoms with Gasteiger partial charge in [-0.05, 0) is 40.0 Å². The van der Waals surface area contributed by atoms with E-state index >= 15 is 0 Å². The fourth-order valence-electron chi connectivity index (χ4n) is 2.80. The summed E-state index contributed by atoms with van der Waals surface area (Å²) >= 11 is 0. The van der Waals surface area contributed by atoms with Crippen molar-refractivity contribution in [3.63, 3.8) is 0 Å². The van der Waals surface area contributed by atoms with E-state index in [4.69, 9.17) is 4.74 Å². The van der Waals surface area contributed by atoms with E-state index < -0.39 is 15.4 Å². The van der Waals surface area contributed by atoms with Crippen molar-refractivity contribution in [3.8, 4) is 0 Å². The fourth-order valence-corrected chi connectivity index (χ4v) is 4.58. The summed E-state index contributed by atoms with van der Waals surface area (Å²) in [6.07, 6.45) is 2.06. The second-order valence-corrected chi connectivity index (χ2v) is 9.35. The first-order chi connectivity index (χ1) is 9.67. The van der Waals surface area contributed by atoms with E-state index in [1.54, 1.807) is 4.90 Å². The Labute approximate surface area is 127 Å². The molecule has 2 aliphatic heterocycles. The van der Waals surface area contributed by atoms with Crippen LogP contribution in [0.5, 0.6) is 0 Å². The van der Waals surface area contributed by atoms with E-state index in [0.717, 1.165) is 19.3 Å². The maximum atomic E-state index is 12.0. The standard InChI is InChI=1S/C14H26N2O4S/c1-14(2,3)20-13(17)16-7-6-11(10-16)15-9-12-5-4-8-21(12,18)19/h11-12,15H,4-10H2,1-3H3. The zero-order valence-corrected chi connectivity index (χ0v) is 13.9. The summed E-state index contributed by atoms with van der Waals surface area (Å²) in [5.74, 6) is 0.314. The normalized spacial score (nSPS) is 28.8. The minimum atomic E-state index is -2.90. The van der Waals surface area contributed by atoms with Crippen molar-refractivity contribution in [3.05, 3.63) is 0 Å². The molecule has 0 aliphatic carbocycles. The number of ether oxygens (including phenoxy) is 1. The number of rotatable bonds is 3. The first-order valence-electron chi connectivity index (χ1n) is 7.60. The molecule has 0 spiro atoms. The Morgan fingerprint density at radius 3 is 2.62 bits per heavy atom. The van der Waals surface area contributed by atoms with Crippen molar-refractivity contribution in [2.75, 3.05) is 25.4 Å². The van der Waals surface area contributed by atoms with Crippen LogP contribution in [-0.2, 0) is 14.6 Å². The number of hydrogen-bond donors (Lipinski definition) is 1. The molecule has 6 nitrogen and oxygen atoms in total. The van der Waals surface area contributed by atoms with Gasteiger partial charge in [0.15, 0.2) is 9.84 Å². The van der Waals surface area contributed by atoms with Gasteiger partial charge in [-0.1, -0.05) is 0 Å². The van der Waals surface area contributed by atoms with Crippen LogP contribution in [0.1, 0.15) is 40.0 Å². The molecule has 2 rings (SSSR count). The van der Waals surface area contributed by atoms with Gasteiger partial charge in [0, 0.05) is 25.7 Å². The monoisotopic (exact) mass is 318 g/mol. The zero-order valence-electron chi connectivity index (χ0n) is 13.1. The smallest absolute Gasteiger partial charge is 0.410 e. The summed E-state index contributed by atoms with van der Waals surface area (Å²) in [5, 5.41) is 3.04. The average molecular weight is 318 g/mol. The summed E-state index contributed by atoms with van der Waals surface area (Å²) in [6.45, 7) is 7.28. The molecule has 2 fully saturated rings. The van der Waals surface area contributed by atoms with E-state index in [0.29, 0.717) is 25.4 Å². The number of carbonyl (C=O) groups excluding carboxylic acids is 1. The van der Waals surface area contributed by atoms with Crippen LogP contribution in [0, 0.1) is 0 Å². The number of nitrogens with zero attached hydrogens (tertiary/aromatic N) is 1. The van der Waals surface area contributed by atoms with E-state index in [1.807, 2.05) is 20.8 Å². The first-order valence-corrected chi connectivity index (χ1v) is 9.32. The number of amides is 1. The predicted molar refractivity (Wildman–Crippen MR) is 81.0 cm³/mol. The molecule has 21 heavy (non-hydrogen) atoms. The molecule has 2 saturated heterocycles. The third-order valence-electron chi connectivity index (χ3n) is 3.94. The van der Waals surface area contributed by atoms with Crippen LogP contribution < -0.4 is 5.32 Å². The van der Waals surface area contributed by atoms with E-state index in [2.05, 4.69) is 5.32 Å². The second kappa shape index (κ2) is 6.12. The lowest BCUT2D eigenvalue weighted by atomic mass is 10.2. The first kappa shape index (κ1) is 16.5. The molecule has 1 N–H and O–H groups in total. The molecule has 0 aromatic rings. The van der Waals surface area contributed by atoms with E-state index in [1.165, 1.54) is 0 Å². The number of nitrogens with one attached hydrogen (secondary N) is 1. The van der Waals surface area contributed by atoms with Gasteiger partial charge in [-0.15, -0.1) is 0 Å². The summed E-state index contributed by atoms with van der Waals surface area (Å²) in [5.41, 5.74) is -0.486. The maximum Gasteiger partial charge on any atom is 0.410 e. The molecule has 0 aromatic carbocycles. The summed E-state index contributed by atoms with van der Waals surface area (Å²) in [6, 6.07) is 0.160. The van der Waals surface area contributed by atoms with Crippen molar-refractivity contribution >= 4 is 15.9 Å². The molecule has 0 bridgehead atoms. The Morgan fingerprint density at radius 2 is 2.05 bits per heavy atom. The predicted octanol–water partition coefficient (Wildman–Crippen LogP) is 1.16. The van der Waals surface area contributed by atoms with Crippen LogP contribution >= 0.6 is 0 Å². The van der Waals surface area contributed by atoms with Crippen LogP contribution in [0.2, 0.25) is 0 Å². The fraction of sp³-hybridized carbons (Fsp3) is 0.929. The summed E-state index contributed by atoms with van der Waals surface area (Å²) < 4.78 is 28.9. The Balaban J connectivity index is 1.77. The minimum Gasteiger partial charge on any atom is -0.444 e. The number of sulfone groups is 1. The molecule has 2 aliphatic rings. The zero-order chi connectivity index (χ0) is 15.7. The van der Waals surface area contributed by atoms with Crippen LogP contribution in [0.3, 0.4) is 0 Å². The lowest BCUT2D eigenvalue weighted by Gasteiger charge is -2.24. The van der Waals surface area contributed by atoms with Crippen molar-refractivity contribution in [2.45, 2.75) is 56.9 Å². The van der Waals surface area contributed by atoms with Gasteiger partial charge in [0.25, 0.3) is 0 Å². The lowest BCUT2D eigenvalue weighted by Crippen LogP contribution is -2.41. The molecule has 7 heteroatoms. The highest BCUT2D eigenvalue weighted by molar-refractivity contribution is 7.92. The Hall–Kier alpha value is -0.820. The van der Waals surface area contributed by atoms with Crippen molar-refractivity contribution in [2.24, 2.45) is 0 Å². The summed E-state index contributed by atoms with van der Waals surface area (Å²) in [7, 11) is -2.90. The van der Waals surface area contributed by atoms with Crippen molar-refractivity contribution < 1.29 is 17.9 Å². The highest BCUT2D eigenvalue weighted by atomic mass is 32.2. The molecule has 122 valence electrons. The van der Waals surface area contributed by atoms with Crippen LogP contribution in [0.25, 0.3) is 0 Å². The number of likely N-dealkylation sites (tertiary alicyclic amines) is 1. The van der Waals surface area contributed by atoms with Gasteiger partial charge in [-0.2, -0.15) is 0 Å². The third kappa shape index (κ3) is 4.57. The second-order valence-electron chi connectivity index (χ2n) is 6.95. The Bertz CT molecular complexity index is 484. The molecule has 0 aromatic heterocycles. The van der Waals surface area contributed by atoms with Gasteiger partial charge in [0.1, 0.15) is 5.60 Å². The van der Waals surface area contributed by atoms with Gasteiger partial charge in [-0.3, -0.25) is 0 Å². The highest BCUT2D eigenvalue weighted by Crippen LogP contribution is 2.20. The quantitative estimate of drug-likeness (QED) is 0.845. The largest absolute Gasteiger partial charge is 0.444 e. The van der Waals surface area contributed by atoms with Gasteiger partial charge in [0.05, 0.1) is 11.0 Å².